The topological polar surface area (TPSA) is 73.2 Å². The van der Waals surface area contributed by atoms with Crippen LogP contribution in [-0.2, 0) is 0 Å². The van der Waals surface area contributed by atoms with Gasteiger partial charge in [0.2, 0.25) is 10.9 Å². The second-order valence-corrected chi connectivity index (χ2v) is 7.80. The minimum absolute atomic E-state index is 0.313. The summed E-state index contributed by atoms with van der Waals surface area (Å²) >= 11 is 1.17. The number of amides is 1. The fourth-order valence-corrected chi connectivity index (χ4v) is 4.12. The van der Waals surface area contributed by atoms with Crippen molar-refractivity contribution in [3.63, 3.8) is 0 Å². The third kappa shape index (κ3) is 4.63. The molecule has 1 aromatic heterocycles. The predicted molar refractivity (Wildman–Crippen MR) is 127 cm³/mol. The summed E-state index contributed by atoms with van der Waals surface area (Å²) in [7, 11) is 4.55. The van der Waals surface area contributed by atoms with Gasteiger partial charge >= 0.3 is 0 Å². The Labute approximate surface area is 193 Å². The van der Waals surface area contributed by atoms with Crippen LogP contribution in [0.1, 0.15) is 15.9 Å². The van der Waals surface area contributed by atoms with Crippen molar-refractivity contribution in [3.8, 4) is 17.2 Å². The average Bonchev–Trinajstić information content (AvgIpc) is 3.26. The number of anilines is 1. The first-order valence-corrected chi connectivity index (χ1v) is 10.6. The van der Waals surface area contributed by atoms with Gasteiger partial charge in [-0.25, -0.2) is 9.37 Å². The van der Waals surface area contributed by atoms with E-state index < -0.39 is 0 Å². The highest BCUT2D eigenvalue weighted by atomic mass is 32.1. The lowest BCUT2D eigenvalue weighted by Crippen LogP contribution is -2.25. The summed E-state index contributed by atoms with van der Waals surface area (Å²) in [6, 6.07) is 16.4. The number of fused-ring (bicyclic) bond motifs is 1. The molecule has 4 rings (SSSR count). The van der Waals surface area contributed by atoms with Gasteiger partial charge in [0.15, 0.2) is 11.5 Å². The van der Waals surface area contributed by atoms with Gasteiger partial charge in [0, 0.05) is 11.1 Å². The van der Waals surface area contributed by atoms with Crippen LogP contribution in [0.25, 0.3) is 10.2 Å². The molecule has 0 aliphatic carbocycles. The molecule has 1 amide bonds. The van der Waals surface area contributed by atoms with Crippen LogP contribution in [0.15, 0.2) is 65.8 Å². The molecule has 0 unspecified atom stereocenters. The molecular weight excluding hydrogens is 445 g/mol. The quantitative estimate of drug-likeness (QED) is 0.279. The average molecular weight is 466 g/mol. The monoisotopic (exact) mass is 465 g/mol. The molecule has 0 spiro atoms. The van der Waals surface area contributed by atoms with Crippen molar-refractivity contribution in [1.82, 2.24) is 4.98 Å². The van der Waals surface area contributed by atoms with E-state index in [4.69, 9.17) is 14.2 Å². The summed E-state index contributed by atoms with van der Waals surface area (Å²) in [6.45, 7) is 0. The molecule has 1 heterocycles. The third-order valence-corrected chi connectivity index (χ3v) is 5.74. The Morgan fingerprint density at radius 3 is 2.33 bits per heavy atom. The smallest absolute Gasteiger partial charge is 0.280 e. The summed E-state index contributed by atoms with van der Waals surface area (Å²) in [5.41, 5.74) is 1.62. The van der Waals surface area contributed by atoms with E-state index in [1.54, 1.807) is 42.5 Å². The van der Waals surface area contributed by atoms with E-state index >= 15 is 0 Å². The summed E-state index contributed by atoms with van der Waals surface area (Å²) in [4.78, 5) is 17.8. The first kappa shape index (κ1) is 22.2. The Hall–Kier alpha value is -3.98. The van der Waals surface area contributed by atoms with Crippen LogP contribution in [0.2, 0.25) is 0 Å². The van der Waals surface area contributed by atoms with Gasteiger partial charge in [-0.2, -0.15) is 10.1 Å². The second kappa shape index (κ2) is 9.66. The summed E-state index contributed by atoms with van der Waals surface area (Å²) in [6.07, 6.45) is 1.50. The molecule has 33 heavy (non-hydrogen) atoms. The van der Waals surface area contributed by atoms with Crippen LogP contribution < -0.4 is 19.2 Å². The number of thiazole rings is 1. The van der Waals surface area contributed by atoms with Crippen molar-refractivity contribution in [2.75, 3.05) is 26.3 Å². The summed E-state index contributed by atoms with van der Waals surface area (Å²) in [5.74, 6) is 0.602. The lowest BCUT2D eigenvalue weighted by molar-refractivity contribution is 0.0988. The minimum atomic E-state index is -0.376. The number of aromatic nitrogens is 1. The number of halogens is 1. The van der Waals surface area contributed by atoms with Crippen LogP contribution >= 0.6 is 11.3 Å². The number of nitrogens with zero attached hydrogens (tertiary/aromatic N) is 3. The molecule has 0 bridgehead atoms. The van der Waals surface area contributed by atoms with Crippen molar-refractivity contribution in [1.29, 1.82) is 0 Å². The maximum atomic E-state index is 13.7. The van der Waals surface area contributed by atoms with Gasteiger partial charge in [-0.1, -0.05) is 29.5 Å². The maximum absolute atomic E-state index is 13.7. The number of carbonyl (C=O) groups is 1. The molecule has 168 valence electrons. The largest absolute Gasteiger partial charge is 0.493 e. The first-order chi connectivity index (χ1) is 16.0. The summed E-state index contributed by atoms with van der Waals surface area (Å²) < 4.78 is 30.4. The molecule has 7 nitrogen and oxygen atoms in total. The van der Waals surface area contributed by atoms with E-state index in [1.807, 2.05) is 6.07 Å². The highest BCUT2D eigenvalue weighted by Crippen LogP contribution is 2.38. The predicted octanol–water partition coefficient (Wildman–Crippen LogP) is 5.14. The third-order valence-electron chi connectivity index (χ3n) is 4.74. The molecule has 3 aromatic carbocycles. The minimum Gasteiger partial charge on any atom is -0.493 e. The number of methoxy groups -OCH3 is 3. The molecule has 4 aromatic rings. The number of carbonyl (C=O) groups excluding carboxylic acids is 1. The molecule has 0 saturated carbocycles. The molecule has 9 heteroatoms. The van der Waals surface area contributed by atoms with Crippen molar-refractivity contribution in [2.45, 2.75) is 0 Å². The van der Waals surface area contributed by atoms with Gasteiger partial charge in [-0.3, -0.25) is 4.79 Å². The van der Waals surface area contributed by atoms with Gasteiger partial charge in [0.1, 0.15) is 5.82 Å². The number of hydrazone groups is 1. The van der Waals surface area contributed by atoms with E-state index in [1.165, 1.54) is 56.0 Å². The summed E-state index contributed by atoms with van der Waals surface area (Å²) in [5, 5.41) is 5.93. The van der Waals surface area contributed by atoms with Crippen molar-refractivity contribution in [3.05, 3.63) is 77.6 Å². The fourth-order valence-electron chi connectivity index (χ4n) is 3.17. The molecule has 0 saturated heterocycles. The van der Waals surface area contributed by atoms with Crippen LogP contribution in [0, 0.1) is 5.82 Å². The van der Waals surface area contributed by atoms with Crippen LogP contribution in [0.3, 0.4) is 0 Å². The molecule has 0 N–H and O–H groups in total. The Bertz CT molecular complexity index is 1300. The van der Waals surface area contributed by atoms with Crippen molar-refractivity contribution >= 4 is 38.8 Å². The normalized spacial score (nSPS) is 11.0. The van der Waals surface area contributed by atoms with E-state index in [-0.39, 0.29) is 11.7 Å². The number of hydrogen-bond donors (Lipinski definition) is 0. The maximum Gasteiger partial charge on any atom is 0.280 e. The lowest BCUT2D eigenvalue weighted by Gasteiger charge is -2.15. The van der Waals surface area contributed by atoms with Gasteiger partial charge in [0.05, 0.1) is 37.8 Å². The lowest BCUT2D eigenvalue weighted by atomic mass is 10.2. The number of rotatable bonds is 7. The molecule has 0 aliphatic rings. The number of hydrogen-bond acceptors (Lipinski definition) is 7. The van der Waals surface area contributed by atoms with Crippen molar-refractivity contribution in [2.24, 2.45) is 5.10 Å². The van der Waals surface area contributed by atoms with E-state index in [0.29, 0.717) is 43.7 Å². The fraction of sp³-hybridized carbons (Fsp3) is 0.125. The molecule has 0 atom stereocenters. The molecule has 0 fully saturated rings. The zero-order valence-corrected chi connectivity index (χ0v) is 18.9. The van der Waals surface area contributed by atoms with E-state index in [2.05, 4.69) is 10.1 Å². The zero-order valence-electron chi connectivity index (χ0n) is 18.1. The molecule has 0 aliphatic heterocycles. The van der Waals surface area contributed by atoms with Gasteiger partial charge in [-0.15, -0.1) is 0 Å². The molecular formula is C24H20FN3O4S. The standard InChI is InChI=1S/C24H20FN3O4S/c1-30-19-11-15(12-20(31-2)22(19)32-3)14-26-28(23(29)16-7-5-4-6-8-16)24-27-18-10-9-17(25)13-21(18)33-24/h4-14H,1-3H3/b26-14+. The van der Waals surface area contributed by atoms with Crippen LogP contribution in [0.4, 0.5) is 9.52 Å². The Kier molecular flexibility index (Phi) is 6.50. The highest BCUT2D eigenvalue weighted by Gasteiger charge is 2.21. The van der Waals surface area contributed by atoms with Gasteiger partial charge in [0.25, 0.3) is 5.91 Å². The highest BCUT2D eigenvalue weighted by molar-refractivity contribution is 7.22. The van der Waals surface area contributed by atoms with Crippen LogP contribution in [-0.4, -0.2) is 38.4 Å². The Balaban J connectivity index is 1.78. The molecule has 0 radical (unpaired) electrons. The Morgan fingerprint density at radius 2 is 1.70 bits per heavy atom. The second-order valence-electron chi connectivity index (χ2n) is 6.79. The van der Waals surface area contributed by atoms with Gasteiger partial charge in [-0.05, 0) is 42.5 Å². The first-order valence-electron chi connectivity index (χ1n) is 9.83. The van der Waals surface area contributed by atoms with Gasteiger partial charge < -0.3 is 14.2 Å². The zero-order chi connectivity index (χ0) is 23.4. The number of ether oxygens (including phenoxy) is 3. The van der Waals surface area contributed by atoms with E-state index in [9.17, 15) is 9.18 Å². The number of benzene rings is 3. The Morgan fingerprint density at radius 1 is 1.00 bits per heavy atom. The van der Waals surface area contributed by atoms with E-state index in [0.717, 1.165) is 0 Å². The van der Waals surface area contributed by atoms with Crippen LogP contribution in [0.5, 0.6) is 17.2 Å². The van der Waals surface area contributed by atoms with Crippen molar-refractivity contribution < 1.29 is 23.4 Å². The SMILES string of the molecule is COc1cc(/C=N/N(C(=O)c2ccccc2)c2nc3ccc(F)cc3s2)cc(OC)c1OC.